The van der Waals surface area contributed by atoms with E-state index < -0.39 is 6.09 Å². The number of carbonyl (C=O) groups is 1. The first kappa shape index (κ1) is 11.7. The van der Waals surface area contributed by atoms with Crippen molar-refractivity contribution in [2.75, 3.05) is 25.4 Å². The number of benzene rings is 1. The lowest BCUT2D eigenvalue weighted by molar-refractivity contribution is -0.0232. The van der Waals surface area contributed by atoms with Gasteiger partial charge in [0.05, 0.1) is 13.2 Å². The molecule has 17 heavy (non-hydrogen) atoms. The number of hydrogen-bond acceptors (Lipinski definition) is 3. The van der Waals surface area contributed by atoms with Crippen molar-refractivity contribution in [2.45, 2.75) is 13.0 Å². The first-order chi connectivity index (χ1) is 8.08. The fourth-order valence-corrected chi connectivity index (χ4v) is 1.92. The molecule has 0 aromatic heterocycles. The standard InChI is InChI=1S/C12H16N2O3/c1-8-6-9(2-3-10(8)13)11-7-14(12(15)16)4-5-17-11/h2-3,6,11H,4-5,7,13H2,1H3,(H,15,16). The monoisotopic (exact) mass is 236 g/mol. The van der Waals surface area contributed by atoms with E-state index in [1.54, 1.807) is 0 Å². The van der Waals surface area contributed by atoms with Gasteiger partial charge >= 0.3 is 6.09 Å². The minimum Gasteiger partial charge on any atom is -0.465 e. The van der Waals surface area contributed by atoms with Crippen LogP contribution < -0.4 is 5.73 Å². The van der Waals surface area contributed by atoms with Crippen molar-refractivity contribution in [3.05, 3.63) is 29.3 Å². The molecule has 5 nitrogen and oxygen atoms in total. The van der Waals surface area contributed by atoms with Crippen LogP contribution in [0.5, 0.6) is 0 Å². The largest absolute Gasteiger partial charge is 0.465 e. The van der Waals surface area contributed by atoms with Crippen LogP contribution in [0.15, 0.2) is 18.2 Å². The Morgan fingerprint density at radius 3 is 3.00 bits per heavy atom. The number of morpholine rings is 1. The molecule has 2 rings (SSSR count). The molecule has 1 fully saturated rings. The van der Waals surface area contributed by atoms with Crippen molar-refractivity contribution in [2.24, 2.45) is 0 Å². The SMILES string of the molecule is Cc1cc(C2CN(C(=O)O)CCO2)ccc1N. The van der Waals surface area contributed by atoms with Crippen LogP contribution in [0.25, 0.3) is 0 Å². The van der Waals surface area contributed by atoms with E-state index >= 15 is 0 Å². The van der Waals surface area contributed by atoms with Crippen LogP contribution in [0.1, 0.15) is 17.2 Å². The highest BCUT2D eigenvalue weighted by molar-refractivity contribution is 5.65. The summed E-state index contributed by atoms with van der Waals surface area (Å²) < 4.78 is 5.59. The molecule has 1 saturated heterocycles. The van der Waals surface area contributed by atoms with Gasteiger partial charge in [0.25, 0.3) is 0 Å². The lowest BCUT2D eigenvalue weighted by Crippen LogP contribution is -2.41. The molecule has 0 radical (unpaired) electrons. The summed E-state index contributed by atoms with van der Waals surface area (Å²) in [6.07, 6.45) is -1.09. The van der Waals surface area contributed by atoms with E-state index in [0.717, 1.165) is 16.8 Å². The smallest absolute Gasteiger partial charge is 0.407 e. The summed E-state index contributed by atoms with van der Waals surface area (Å²) in [5, 5.41) is 8.95. The Bertz CT molecular complexity index is 434. The summed E-state index contributed by atoms with van der Waals surface area (Å²) in [6.45, 7) is 3.16. The number of nitrogens with two attached hydrogens (primary N) is 1. The van der Waals surface area contributed by atoms with E-state index in [4.69, 9.17) is 15.6 Å². The van der Waals surface area contributed by atoms with E-state index in [-0.39, 0.29) is 6.10 Å². The molecular weight excluding hydrogens is 220 g/mol. The molecule has 5 heteroatoms. The third-order valence-corrected chi connectivity index (χ3v) is 3.00. The number of rotatable bonds is 1. The molecule has 1 heterocycles. The molecule has 1 aliphatic rings. The molecule has 1 aliphatic heterocycles. The molecule has 0 bridgehead atoms. The molecule has 1 aromatic rings. The van der Waals surface area contributed by atoms with Crippen LogP contribution in [-0.4, -0.2) is 35.8 Å². The van der Waals surface area contributed by atoms with Crippen molar-refractivity contribution >= 4 is 11.8 Å². The average Bonchev–Trinajstić information content (AvgIpc) is 2.33. The summed E-state index contributed by atoms with van der Waals surface area (Å²) in [4.78, 5) is 12.3. The minimum absolute atomic E-state index is 0.195. The Morgan fingerprint density at radius 2 is 2.35 bits per heavy atom. The van der Waals surface area contributed by atoms with Crippen molar-refractivity contribution in [3.63, 3.8) is 0 Å². The minimum atomic E-state index is -0.898. The fourth-order valence-electron chi connectivity index (χ4n) is 1.92. The summed E-state index contributed by atoms with van der Waals surface area (Å²) in [7, 11) is 0. The molecule has 1 unspecified atom stereocenters. The fraction of sp³-hybridized carbons (Fsp3) is 0.417. The Balaban J connectivity index is 2.16. The molecular formula is C12H16N2O3. The van der Waals surface area contributed by atoms with Crippen molar-refractivity contribution in [1.82, 2.24) is 4.90 Å². The van der Waals surface area contributed by atoms with E-state index in [1.807, 2.05) is 25.1 Å². The lowest BCUT2D eigenvalue weighted by Gasteiger charge is -2.31. The maximum absolute atomic E-state index is 10.9. The molecule has 92 valence electrons. The van der Waals surface area contributed by atoms with Gasteiger partial charge in [-0.1, -0.05) is 12.1 Å². The Morgan fingerprint density at radius 1 is 1.59 bits per heavy atom. The van der Waals surface area contributed by atoms with Gasteiger partial charge in [-0.2, -0.15) is 0 Å². The summed E-state index contributed by atoms with van der Waals surface area (Å²) >= 11 is 0. The third kappa shape index (κ3) is 2.50. The molecule has 3 N–H and O–H groups in total. The van der Waals surface area contributed by atoms with Crippen LogP contribution >= 0.6 is 0 Å². The number of nitrogen functional groups attached to an aromatic ring is 1. The summed E-state index contributed by atoms with van der Waals surface area (Å²) in [5.41, 5.74) is 8.44. The van der Waals surface area contributed by atoms with Gasteiger partial charge in [-0.3, -0.25) is 0 Å². The number of aryl methyl sites for hydroxylation is 1. The predicted octanol–water partition coefficient (Wildman–Crippen LogP) is 1.63. The highest BCUT2D eigenvalue weighted by atomic mass is 16.5. The van der Waals surface area contributed by atoms with Gasteiger partial charge in [0, 0.05) is 12.2 Å². The zero-order chi connectivity index (χ0) is 12.4. The molecule has 0 aliphatic carbocycles. The van der Waals surface area contributed by atoms with Gasteiger partial charge in [-0.05, 0) is 24.1 Å². The number of anilines is 1. The summed E-state index contributed by atoms with van der Waals surface area (Å²) in [5.74, 6) is 0. The molecule has 1 amide bonds. The number of hydrogen-bond donors (Lipinski definition) is 2. The Hall–Kier alpha value is -1.75. The number of carboxylic acid groups (broad SMARTS) is 1. The normalized spacial score (nSPS) is 20.3. The van der Waals surface area contributed by atoms with E-state index in [1.165, 1.54) is 4.90 Å². The zero-order valence-corrected chi connectivity index (χ0v) is 9.72. The van der Waals surface area contributed by atoms with Crippen LogP contribution in [0.3, 0.4) is 0 Å². The predicted molar refractivity (Wildman–Crippen MR) is 63.9 cm³/mol. The van der Waals surface area contributed by atoms with Crippen LogP contribution in [0, 0.1) is 6.92 Å². The van der Waals surface area contributed by atoms with Crippen LogP contribution in [0.4, 0.5) is 10.5 Å². The Labute approximate surface area is 99.8 Å². The first-order valence-corrected chi connectivity index (χ1v) is 5.53. The van der Waals surface area contributed by atoms with Crippen molar-refractivity contribution < 1.29 is 14.6 Å². The molecule has 1 atom stereocenters. The second-order valence-corrected chi connectivity index (χ2v) is 4.20. The van der Waals surface area contributed by atoms with E-state index in [2.05, 4.69) is 0 Å². The number of ether oxygens (including phenoxy) is 1. The van der Waals surface area contributed by atoms with Crippen LogP contribution in [0.2, 0.25) is 0 Å². The number of nitrogens with zero attached hydrogens (tertiary/aromatic N) is 1. The zero-order valence-electron chi connectivity index (χ0n) is 9.72. The first-order valence-electron chi connectivity index (χ1n) is 5.53. The second-order valence-electron chi connectivity index (χ2n) is 4.20. The van der Waals surface area contributed by atoms with E-state index in [0.29, 0.717) is 19.7 Å². The van der Waals surface area contributed by atoms with Crippen LogP contribution in [-0.2, 0) is 4.74 Å². The van der Waals surface area contributed by atoms with Gasteiger partial charge in [0.2, 0.25) is 0 Å². The molecule has 0 saturated carbocycles. The van der Waals surface area contributed by atoms with Crippen molar-refractivity contribution in [1.29, 1.82) is 0 Å². The highest BCUT2D eigenvalue weighted by Crippen LogP contribution is 2.24. The maximum atomic E-state index is 10.9. The lowest BCUT2D eigenvalue weighted by atomic mass is 10.0. The van der Waals surface area contributed by atoms with Gasteiger partial charge in [-0.25, -0.2) is 4.79 Å². The molecule has 0 spiro atoms. The van der Waals surface area contributed by atoms with Gasteiger partial charge in [0.1, 0.15) is 6.10 Å². The third-order valence-electron chi connectivity index (χ3n) is 3.00. The topological polar surface area (TPSA) is 75.8 Å². The summed E-state index contributed by atoms with van der Waals surface area (Å²) in [6, 6.07) is 5.66. The average molecular weight is 236 g/mol. The maximum Gasteiger partial charge on any atom is 0.407 e. The van der Waals surface area contributed by atoms with Gasteiger partial charge in [-0.15, -0.1) is 0 Å². The number of amides is 1. The Kier molecular flexibility index (Phi) is 3.19. The van der Waals surface area contributed by atoms with Gasteiger partial charge in [0.15, 0.2) is 0 Å². The second kappa shape index (κ2) is 4.63. The van der Waals surface area contributed by atoms with Gasteiger partial charge < -0.3 is 20.5 Å². The highest BCUT2D eigenvalue weighted by Gasteiger charge is 2.25. The molecule has 1 aromatic carbocycles. The quantitative estimate of drug-likeness (QED) is 0.727. The van der Waals surface area contributed by atoms with Crippen molar-refractivity contribution in [3.8, 4) is 0 Å². The van der Waals surface area contributed by atoms with E-state index in [9.17, 15) is 4.79 Å².